The summed E-state index contributed by atoms with van der Waals surface area (Å²) in [6.07, 6.45) is -3.02. The fraction of sp³-hybridized carbons (Fsp3) is 0.556. The molecule has 1 fully saturated rings. The second kappa shape index (κ2) is 8.76. The van der Waals surface area contributed by atoms with Crippen molar-refractivity contribution in [1.29, 1.82) is 0 Å². The molecule has 0 N–H and O–H groups in total. The minimum atomic E-state index is -4.57. The average Bonchev–Trinajstić information content (AvgIpc) is 3.05. The maximum Gasteiger partial charge on any atom is 0.508 e. The maximum atomic E-state index is 12.9. The fourth-order valence-corrected chi connectivity index (χ4v) is 3.10. The van der Waals surface area contributed by atoms with Crippen molar-refractivity contribution in [2.45, 2.75) is 39.0 Å². The van der Waals surface area contributed by atoms with Crippen LogP contribution in [0.1, 0.15) is 31.0 Å². The Labute approximate surface area is 170 Å². The van der Waals surface area contributed by atoms with Crippen molar-refractivity contribution in [3.63, 3.8) is 0 Å². The van der Waals surface area contributed by atoms with E-state index in [1.165, 1.54) is 13.4 Å². The number of hydrogen-bond acceptors (Lipinski definition) is 8. The minimum Gasteiger partial charge on any atom is -0.435 e. The molecule has 0 saturated carbocycles. The highest BCUT2D eigenvalue weighted by Gasteiger charge is 2.35. The lowest BCUT2D eigenvalue weighted by molar-refractivity contribution is -0.141. The largest absolute Gasteiger partial charge is 0.508 e. The molecule has 12 heteroatoms. The number of rotatable bonds is 5. The Bertz CT molecular complexity index is 894. The van der Waals surface area contributed by atoms with Crippen LogP contribution in [0.3, 0.4) is 0 Å². The molecule has 0 aromatic carbocycles. The molecule has 30 heavy (non-hydrogen) atoms. The van der Waals surface area contributed by atoms with Crippen LogP contribution >= 0.6 is 0 Å². The van der Waals surface area contributed by atoms with Crippen LogP contribution in [0.5, 0.6) is 11.8 Å². The van der Waals surface area contributed by atoms with Gasteiger partial charge in [0.25, 0.3) is 0 Å². The molecule has 3 rings (SSSR count). The fourth-order valence-electron chi connectivity index (χ4n) is 3.10. The summed E-state index contributed by atoms with van der Waals surface area (Å²) in [4.78, 5) is 21.8. The molecule has 164 valence electrons. The van der Waals surface area contributed by atoms with E-state index in [9.17, 15) is 18.0 Å². The lowest BCUT2D eigenvalue weighted by Crippen LogP contribution is -2.38. The summed E-state index contributed by atoms with van der Waals surface area (Å²) in [5.41, 5.74) is -0.465. The molecule has 1 aliphatic rings. The lowest BCUT2D eigenvalue weighted by atomic mass is 10.1. The van der Waals surface area contributed by atoms with Gasteiger partial charge in [0.15, 0.2) is 5.69 Å². The number of carbonyl (C=O) groups is 1. The molecule has 0 bridgehead atoms. The zero-order valence-corrected chi connectivity index (χ0v) is 16.8. The summed E-state index contributed by atoms with van der Waals surface area (Å²) in [7, 11) is 1.36. The van der Waals surface area contributed by atoms with E-state index in [4.69, 9.17) is 14.2 Å². The molecular weight excluding hydrogens is 407 g/mol. The third-order valence-corrected chi connectivity index (χ3v) is 4.61. The molecule has 1 aliphatic heterocycles. The summed E-state index contributed by atoms with van der Waals surface area (Å²) in [5.74, 6) is 0.658. The van der Waals surface area contributed by atoms with Gasteiger partial charge in [0.1, 0.15) is 18.2 Å². The highest BCUT2D eigenvalue weighted by atomic mass is 19.4. The topological polar surface area (TPSA) is 91.6 Å². The van der Waals surface area contributed by atoms with E-state index in [1.807, 2.05) is 4.90 Å². The zero-order chi connectivity index (χ0) is 21.9. The molecule has 0 unspecified atom stereocenters. The van der Waals surface area contributed by atoms with Crippen LogP contribution in [0.25, 0.3) is 0 Å². The summed E-state index contributed by atoms with van der Waals surface area (Å²) in [5, 5.41) is 3.43. The summed E-state index contributed by atoms with van der Waals surface area (Å²) in [6.45, 7) is 4.84. The van der Waals surface area contributed by atoms with Gasteiger partial charge in [-0.25, -0.2) is 19.4 Å². The number of hydrogen-bond donors (Lipinski definition) is 0. The van der Waals surface area contributed by atoms with E-state index >= 15 is 0 Å². The van der Waals surface area contributed by atoms with Crippen molar-refractivity contribution in [1.82, 2.24) is 19.7 Å². The third kappa shape index (κ3) is 4.92. The van der Waals surface area contributed by atoms with Crippen molar-refractivity contribution in [3.8, 4) is 11.8 Å². The molecule has 0 amide bonds. The quantitative estimate of drug-likeness (QED) is 0.668. The Hall–Kier alpha value is -3.05. The molecule has 2 aromatic heterocycles. The molecule has 0 atom stereocenters. The van der Waals surface area contributed by atoms with E-state index in [0.717, 1.165) is 10.7 Å². The number of halogens is 3. The number of nitrogens with zero attached hydrogens (tertiary/aromatic N) is 5. The Kier molecular flexibility index (Phi) is 6.32. The minimum absolute atomic E-state index is 0.0865. The first-order valence-electron chi connectivity index (χ1n) is 9.38. The number of ether oxygens (including phenoxy) is 3. The molecule has 0 aliphatic carbocycles. The van der Waals surface area contributed by atoms with Gasteiger partial charge in [-0.1, -0.05) is 0 Å². The SMILES string of the molecule is CCOC(=O)OC1CCN(c2ncnc(Oc3cc(C(F)(F)F)nn3C)c2C)CC1. The van der Waals surface area contributed by atoms with E-state index in [1.54, 1.807) is 13.8 Å². The molecule has 2 aromatic rings. The van der Waals surface area contributed by atoms with Gasteiger partial charge in [-0.05, 0) is 13.8 Å². The number of alkyl halides is 3. The van der Waals surface area contributed by atoms with Crippen LogP contribution in [0.2, 0.25) is 0 Å². The number of piperidine rings is 1. The predicted octanol–water partition coefficient (Wildman–Crippen LogP) is 3.47. The first-order chi connectivity index (χ1) is 14.2. The molecular formula is C18H22F3N5O4. The molecule has 3 heterocycles. The summed E-state index contributed by atoms with van der Waals surface area (Å²) < 4.78 is 55.2. The highest BCUT2D eigenvalue weighted by Crippen LogP contribution is 2.34. The van der Waals surface area contributed by atoms with Crippen LogP contribution in [0, 0.1) is 6.92 Å². The number of aryl methyl sites for hydroxylation is 1. The standard InChI is InChI=1S/C18H22F3N5O4/c1-4-28-17(27)29-12-5-7-26(8-6-12)15-11(2)16(23-10-22-15)30-14-9-13(18(19,20)21)24-25(14)3/h9-10,12H,4-8H2,1-3H3. The van der Waals surface area contributed by atoms with Gasteiger partial charge in [-0.3, -0.25) is 0 Å². The summed E-state index contributed by atoms with van der Waals surface area (Å²) in [6, 6.07) is 0.819. The van der Waals surface area contributed by atoms with Crippen molar-refractivity contribution in [2.24, 2.45) is 7.05 Å². The van der Waals surface area contributed by atoms with E-state index in [0.29, 0.717) is 37.3 Å². The van der Waals surface area contributed by atoms with E-state index in [2.05, 4.69) is 15.1 Å². The maximum absolute atomic E-state index is 12.9. The van der Waals surface area contributed by atoms with Crippen molar-refractivity contribution >= 4 is 12.0 Å². The van der Waals surface area contributed by atoms with Crippen LogP contribution < -0.4 is 9.64 Å². The second-order valence-corrected chi connectivity index (χ2v) is 6.71. The van der Waals surface area contributed by atoms with E-state index < -0.39 is 18.0 Å². The monoisotopic (exact) mass is 429 g/mol. The zero-order valence-electron chi connectivity index (χ0n) is 16.8. The molecule has 9 nitrogen and oxygen atoms in total. The Morgan fingerprint density at radius 1 is 1.27 bits per heavy atom. The molecule has 0 radical (unpaired) electrons. The van der Waals surface area contributed by atoms with Gasteiger partial charge in [0.05, 0.1) is 12.2 Å². The van der Waals surface area contributed by atoms with Crippen LogP contribution in [-0.4, -0.2) is 51.7 Å². The molecule has 1 saturated heterocycles. The highest BCUT2D eigenvalue weighted by molar-refractivity contribution is 5.60. The van der Waals surface area contributed by atoms with Gasteiger partial charge in [0, 0.05) is 39.0 Å². The van der Waals surface area contributed by atoms with Crippen LogP contribution in [0.4, 0.5) is 23.8 Å². The Morgan fingerprint density at radius 3 is 2.57 bits per heavy atom. The molecule has 0 spiro atoms. The van der Waals surface area contributed by atoms with Gasteiger partial charge in [-0.15, -0.1) is 0 Å². The van der Waals surface area contributed by atoms with Crippen LogP contribution in [-0.2, 0) is 22.7 Å². The van der Waals surface area contributed by atoms with Gasteiger partial charge >= 0.3 is 12.3 Å². The van der Waals surface area contributed by atoms with Crippen molar-refractivity contribution < 1.29 is 32.2 Å². The third-order valence-electron chi connectivity index (χ3n) is 4.61. The number of aromatic nitrogens is 4. The van der Waals surface area contributed by atoms with Gasteiger partial charge < -0.3 is 19.1 Å². The number of anilines is 1. The Balaban J connectivity index is 1.69. The Morgan fingerprint density at radius 2 is 1.97 bits per heavy atom. The number of carbonyl (C=O) groups excluding carboxylic acids is 1. The average molecular weight is 429 g/mol. The predicted molar refractivity (Wildman–Crippen MR) is 98.4 cm³/mol. The first kappa shape index (κ1) is 21.7. The summed E-state index contributed by atoms with van der Waals surface area (Å²) >= 11 is 0. The van der Waals surface area contributed by atoms with E-state index in [-0.39, 0.29) is 24.5 Å². The first-order valence-corrected chi connectivity index (χ1v) is 9.38. The smallest absolute Gasteiger partial charge is 0.435 e. The van der Waals surface area contributed by atoms with Crippen LogP contribution in [0.15, 0.2) is 12.4 Å². The second-order valence-electron chi connectivity index (χ2n) is 6.71. The lowest BCUT2D eigenvalue weighted by Gasteiger charge is -2.33. The van der Waals surface area contributed by atoms with Gasteiger partial charge in [-0.2, -0.15) is 18.3 Å². The van der Waals surface area contributed by atoms with Gasteiger partial charge in [0.2, 0.25) is 11.8 Å². The van der Waals surface area contributed by atoms with Crippen molar-refractivity contribution in [3.05, 3.63) is 23.7 Å². The van der Waals surface area contributed by atoms with Crippen molar-refractivity contribution in [2.75, 3.05) is 24.6 Å². The normalized spacial score (nSPS) is 15.2.